The van der Waals surface area contributed by atoms with Crippen LogP contribution in [0.4, 0.5) is 14.5 Å². The second-order valence-electron chi connectivity index (χ2n) is 7.07. The highest BCUT2D eigenvalue weighted by Crippen LogP contribution is 2.22. The van der Waals surface area contributed by atoms with Gasteiger partial charge in [0.1, 0.15) is 11.6 Å². The second kappa shape index (κ2) is 9.61. The molecule has 1 amide bonds. The summed E-state index contributed by atoms with van der Waals surface area (Å²) < 4.78 is 52.3. The van der Waals surface area contributed by atoms with E-state index in [1.54, 1.807) is 12.1 Å². The van der Waals surface area contributed by atoms with E-state index >= 15 is 0 Å². The van der Waals surface area contributed by atoms with E-state index in [2.05, 4.69) is 15.3 Å². The van der Waals surface area contributed by atoms with Crippen molar-refractivity contribution in [2.24, 2.45) is 0 Å². The molecule has 2 N–H and O–H groups in total. The summed E-state index contributed by atoms with van der Waals surface area (Å²) in [6.45, 7) is 3.95. The predicted molar refractivity (Wildman–Crippen MR) is 117 cm³/mol. The summed E-state index contributed by atoms with van der Waals surface area (Å²) in [5.74, 6) is -2.23. The zero-order valence-corrected chi connectivity index (χ0v) is 18.7. The van der Waals surface area contributed by atoms with E-state index in [1.807, 2.05) is 13.8 Å². The molecule has 0 spiro atoms. The molecule has 32 heavy (non-hydrogen) atoms. The molecular formula is C21H19F2N3O4S2. The molecular weight excluding hydrogens is 460 g/mol. The lowest BCUT2D eigenvalue weighted by molar-refractivity contribution is -0.113. The standard InChI is InChI=1S/C21H19F2N3O4S2/c1-12(2)13-3-6-15(7-4-13)32(29,30)18-10-24-21(26-20(18)28)31-11-19(27)25-17-9-14(22)5-8-16(17)23/h3-10,12H,11H2,1-2H3,(H,25,27)(H,24,26,28). The SMILES string of the molecule is CC(C)c1ccc(S(=O)(=O)c2cnc(SCC(=O)Nc3cc(F)ccc3F)[nH]c2=O)cc1. The summed E-state index contributed by atoms with van der Waals surface area (Å²) in [6, 6.07) is 8.87. The molecule has 168 valence electrons. The second-order valence-corrected chi connectivity index (χ2v) is 9.95. The Labute approximate surface area is 187 Å². The number of aromatic nitrogens is 2. The number of aromatic amines is 1. The molecule has 11 heteroatoms. The molecule has 0 saturated heterocycles. The van der Waals surface area contributed by atoms with Crippen molar-refractivity contribution in [1.29, 1.82) is 0 Å². The molecule has 1 heterocycles. The molecule has 0 bridgehead atoms. The Bertz CT molecular complexity index is 1310. The molecule has 0 aliphatic carbocycles. The van der Waals surface area contributed by atoms with Crippen LogP contribution in [0.15, 0.2) is 68.4 Å². The van der Waals surface area contributed by atoms with Crippen LogP contribution in [-0.4, -0.2) is 30.0 Å². The highest BCUT2D eigenvalue weighted by atomic mass is 32.2. The minimum Gasteiger partial charge on any atom is -0.323 e. The molecule has 0 atom stereocenters. The smallest absolute Gasteiger partial charge is 0.270 e. The maximum Gasteiger partial charge on any atom is 0.270 e. The number of benzene rings is 2. The summed E-state index contributed by atoms with van der Waals surface area (Å²) in [5, 5.41) is 2.21. The van der Waals surface area contributed by atoms with Gasteiger partial charge in [-0.25, -0.2) is 22.2 Å². The van der Waals surface area contributed by atoms with E-state index < -0.39 is 37.8 Å². The molecule has 1 aromatic heterocycles. The van der Waals surface area contributed by atoms with Crippen molar-refractivity contribution in [2.75, 3.05) is 11.1 Å². The molecule has 0 unspecified atom stereocenters. The molecule has 3 aromatic rings. The number of hydrogen-bond donors (Lipinski definition) is 2. The number of sulfone groups is 1. The molecule has 0 saturated carbocycles. The Kier molecular flexibility index (Phi) is 7.09. The van der Waals surface area contributed by atoms with Crippen LogP contribution in [-0.2, 0) is 14.6 Å². The number of hydrogen-bond acceptors (Lipinski definition) is 6. The largest absolute Gasteiger partial charge is 0.323 e. The molecule has 0 radical (unpaired) electrons. The van der Waals surface area contributed by atoms with E-state index in [0.29, 0.717) is 0 Å². The molecule has 3 rings (SSSR count). The molecule has 0 aliphatic heterocycles. The van der Waals surface area contributed by atoms with Crippen molar-refractivity contribution in [2.45, 2.75) is 34.7 Å². The van der Waals surface area contributed by atoms with Gasteiger partial charge in [0.25, 0.3) is 5.56 Å². The van der Waals surface area contributed by atoms with Gasteiger partial charge in [0.05, 0.1) is 22.5 Å². The number of H-pyrrole nitrogens is 1. The van der Waals surface area contributed by atoms with Crippen LogP contribution in [0.5, 0.6) is 0 Å². The number of carbonyl (C=O) groups is 1. The van der Waals surface area contributed by atoms with E-state index in [1.165, 1.54) is 12.1 Å². The van der Waals surface area contributed by atoms with Gasteiger partial charge in [-0.05, 0) is 35.7 Å². The minimum absolute atomic E-state index is 0.000954. The number of anilines is 1. The zero-order chi connectivity index (χ0) is 23.5. The highest BCUT2D eigenvalue weighted by Gasteiger charge is 2.22. The minimum atomic E-state index is -4.08. The Hall–Kier alpha value is -3.05. The number of nitrogens with zero attached hydrogens (tertiary/aromatic N) is 1. The molecule has 0 fully saturated rings. The lowest BCUT2D eigenvalue weighted by atomic mass is 10.0. The monoisotopic (exact) mass is 479 g/mol. The van der Waals surface area contributed by atoms with Crippen LogP contribution < -0.4 is 10.9 Å². The summed E-state index contributed by atoms with van der Waals surface area (Å²) in [4.78, 5) is 30.0. The van der Waals surface area contributed by atoms with Gasteiger partial charge in [-0.1, -0.05) is 37.7 Å². The fourth-order valence-corrected chi connectivity index (χ4v) is 4.57. The van der Waals surface area contributed by atoms with Crippen LogP contribution in [0.1, 0.15) is 25.3 Å². The topological polar surface area (TPSA) is 109 Å². The van der Waals surface area contributed by atoms with Gasteiger partial charge in [-0.15, -0.1) is 0 Å². The quantitative estimate of drug-likeness (QED) is 0.395. The first-order chi connectivity index (χ1) is 15.1. The zero-order valence-electron chi connectivity index (χ0n) is 17.1. The fraction of sp³-hybridized carbons (Fsp3) is 0.190. The third kappa shape index (κ3) is 5.40. The molecule has 2 aromatic carbocycles. The maximum atomic E-state index is 13.6. The van der Waals surface area contributed by atoms with Crippen LogP contribution >= 0.6 is 11.8 Å². The first-order valence-corrected chi connectivity index (χ1v) is 11.9. The van der Waals surface area contributed by atoms with E-state index in [0.717, 1.165) is 41.7 Å². The third-order valence-corrected chi connectivity index (χ3v) is 7.08. The van der Waals surface area contributed by atoms with Gasteiger partial charge in [0.15, 0.2) is 10.1 Å². The average molecular weight is 480 g/mol. The molecule has 7 nitrogen and oxygen atoms in total. The summed E-state index contributed by atoms with van der Waals surface area (Å²) in [7, 11) is -4.08. The number of carbonyl (C=O) groups excluding carboxylic acids is 1. The Balaban J connectivity index is 1.71. The average Bonchev–Trinajstić information content (AvgIpc) is 2.74. The van der Waals surface area contributed by atoms with Crippen molar-refractivity contribution < 1.29 is 22.0 Å². The number of nitrogens with one attached hydrogen (secondary N) is 2. The van der Waals surface area contributed by atoms with Crippen LogP contribution in [0.25, 0.3) is 0 Å². The number of amides is 1. The highest BCUT2D eigenvalue weighted by molar-refractivity contribution is 7.99. The lowest BCUT2D eigenvalue weighted by Gasteiger charge is -2.08. The normalized spacial score (nSPS) is 11.5. The van der Waals surface area contributed by atoms with E-state index in [9.17, 15) is 26.8 Å². The van der Waals surface area contributed by atoms with Gasteiger partial charge in [0.2, 0.25) is 15.7 Å². The summed E-state index contributed by atoms with van der Waals surface area (Å²) >= 11 is 0.803. The molecule has 0 aliphatic rings. The van der Waals surface area contributed by atoms with E-state index in [-0.39, 0.29) is 27.4 Å². The van der Waals surface area contributed by atoms with Gasteiger partial charge >= 0.3 is 0 Å². The van der Waals surface area contributed by atoms with Gasteiger partial charge < -0.3 is 10.3 Å². The van der Waals surface area contributed by atoms with Crippen molar-refractivity contribution in [3.63, 3.8) is 0 Å². The number of thioether (sulfide) groups is 1. The maximum absolute atomic E-state index is 13.6. The fourth-order valence-electron chi connectivity index (χ4n) is 2.70. The number of rotatable bonds is 7. The Morgan fingerprint density at radius 2 is 1.84 bits per heavy atom. The lowest BCUT2D eigenvalue weighted by Crippen LogP contribution is -2.20. The van der Waals surface area contributed by atoms with Crippen molar-refractivity contribution in [1.82, 2.24) is 9.97 Å². The Morgan fingerprint density at radius 1 is 1.16 bits per heavy atom. The van der Waals surface area contributed by atoms with Crippen molar-refractivity contribution in [3.8, 4) is 0 Å². The first kappa shape index (κ1) is 23.6. The third-order valence-electron chi connectivity index (χ3n) is 4.43. The first-order valence-electron chi connectivity index (χ1n) is 9.40. The van der Waals surface area contributed by atoms with Crippen LogP contribution in [0, 0.1) is 11.6 Å². The number of halogens is 2. The van der Waals surface area contributed by atoms with Gasteiger partial charge in [0, 0.05) is 6.07 Å². The summed E-state index contributed by atoms with van der Waals surface area (Å²) in [6.07, 6.45) is 0.928. The predicted octanol–water partition coefficient (Wildman–Crippen LogP) is 3.74. The van der Waals surface area contributed by atoms with Crippen LogP contribution in [0.3, 0.4) is 0 Å². The van der Waals surface area contributed by atoms with Crippen LogP contribution in [0.2, 0.25) is 0 Å². The Morgan fingerprint density at radius 3 is 2.47 bits per heavy atom. The van der Waals surface area contributed by atoms with Crippen molar-refractivity contribution >= 4 is 33.2 Å². The van der Waals surface area contributed by atoms with E-state index in [4.69, 9.17) is 0 Å². The summed E-state index contributed by atoms with van der Waals surface area (Å²) in [5.41, 5.74) is -0.242. The van der Waals surface area contributed by atoms with Crippen molar-refractivity contribution in [3.05, 3.63) is 76.2 Å². The van der Waals surface area contributed by atoms with Gasteiger partial charge in [-0.2, -0.15) is 0 Å². The van der Waals surface area contributed by atoms with Gasteiger partial charge in [-0.3, -0.25) is 9.59 Å².